The summed E-state index contributed by atoms with van der Waals surface area (Å²) >= 11 is 0. The first kappa shape index (κ1) is 27.1. The fraction of sp³-hybridized carbons (Fsp3) is 0.303. The number of nitrogens with zero attached hydrogens (tertiary/aromatic N) is 1. The molecule has 1 saturated carbocycles. The van der Waals surface area contributed by atoms with Crippen molar-refractivity contribution >= 4 is 26.7 Å². The second kappa shape index (κ2) is 12.1. The lowest BCUT2D eigenvalue weighted by atomic mass is 9.81. The van der Waals surface area contributed by atoms with Gasteiger partial charge in [-0.15, -0.1) is 0 Å². The fourth-order valence-electron chi connectivity index (χ4n) is 5.45. The standard InChI is InChI=1S/C33H36N2O3S/c1-25-11-13-26(14-12-25)22-34-33(36)30-17-15-28(16-18-30)24-35(23-27-7-3-2-4-8-27)39(37,38)32-20-19-29-9-5-6-10-31(29)21-32/h2-14,19-21,28,30H,15-18,22-24H2,1H3,(H,34,36). The molecule has 0 saturated heterocycles. The lowest BCUT2D eigenvalue weighted by Gasteiger charge is -2.32. The van der Waals surface area contributed by atoms with Crippen LogP contribution in [0.15, 0.2) is 102 Å². The van der Waals surface area contributed by atoms with Crippen LogP contribution in [0.1, 0.15) is 42.4 Å². The van der Waals surface area contributed by atoms with Gasteiger partial charge in [0.15, 0.2) is 0 Å². The summed E-state index contributed by atoms with van der Waals surface area (Å²) in [6.45, 7) is 3.36. The molecule has 1 aliphatic rings. The van der Waals surface area contributed by atoms with Crippen molar-refractivity contribution in [2.45, 2.75) is 50.6 Å². The zero-order valence-corrected chi connectivity index (χ0v) is 23.2. The van der Waals surface area contributed by atoms with Gasteiger partial charge in [0.1, 0.15) is 0 Å². The average molecular weight is 541 g/mol. The van der Waals surface area contributed by atoms with Crippen LogP contribution < -0.4 is 5.32 Å². The number of carbonyl (C=O) groups is 1. The fourth-order valence-corrected chi connectivity index (χ4v) is 6.99. The zero-order chi connectivity index (χ0) is 27.2. The van der Waals surface area contributed by atoms with Gasteiger partial charge >= 0.3 is 0 Å². The smallest absolute Gasteiger partial charge is 0.243 e. The number of hydrogen-bond donors (Lipinski definition) is 1. The van der Waals surface area contributed by atoms with Crippen LogP contribution >= 0.6 is 0 Å². The number of carbonyl (C=O) groups excluding carboxylic acids is 1. The van der Waals surface area contributed by atoms with Gasteiger partial charge in [-0.2, -0.15) is 4.31 Å². The third-order valence-corrected chi connectivity index (χ3v) is 9.63. The first-order valence-electron chi connectivity index (χ1n) is 13.7. The summed E-state index contributed by atoms with van der Waals surface area (Å²) in [7, 11) is -3.71. The topological polar surface area (TPSA) is 66.5 Å². The number of hydrogen-bond acceptors (Lipinski definition) is 3. The second-order valence-electron chi connectivity index (χ2n) is 10.7. The lowest BCUT2D eigenvalue weighted by Crippen LogP contribution is -2.38. The Hall–Kier alpha value is -3.48. The van der Waals surface area contributed by atoms with E-state index in [0.29, 0.717) is 24.5 Å². The largest absolute Gasteiger partial charge is 0.352 e. The third-order valence-electron chi connectivity index (χ3n) is 7.83. The van der Waals surface area contributed by atoms with Crippen LogP contribution in [0, 0.1) is 18.8 Å². The lowest BCUT2D eigenvalue weighted by molar-refractivity contribution is -0.126. The molecule has 6 heteroatoms. The van der Waals surface area contributed by atoms with Crippen molar-refractivity contribution in [3.05, 3.63) is 114 Å². The summed E-state index contributed by atoms with van der Waals surface area (Å²) in [4.78, 5) is 13.2. The van der Waals surface area contributed by atoms with Gasteiger partial charge in [0, 0.05) is 25.6 Å². The van der Waals surface area contributed by atoms with Gasteiger partial charge in [-0.1, -0.05) is 90.5 Å². The number of nitrogens with one attached hydrogen (secondary N) is 1. The van der Waals surface area contributed by atoms with E-state index >= 15 is 0 Å². The van der Waals surface area contributed by atoms with E-state index in [9.17, 15) is 13.2 Å². The Labute approximate surface area is 231 Å². The Balaban J connectivity index is 1.26. The van der Waals surface area contributed by atoms with Gasteiger partial charge in [0.05, 0.1) is 4.90 Å². The quantitative estimate of drug-likeness (QED) is 0.265. The molecule has 202 valence electrons. The number of benzene rings is 4. The van der Waals surface area contributed by atoms with Crippen LogP contribution in [0.5, 0.6) is 0 Å². The molecule has 0 radical (unpaired) electrons. The van der Waals surface area contributed by atoms with Crippen LogP contribution in [-0.2, 0) is 27.9 Å². The summed E-state index contributed by atoms with van der Waals surface area (Å²) in [5.41, 5.74) is 3.26. The van der Waals surface area contributed by atoms with Crippen LogP contribution in [0.25, 0.3) is 10.8 Å². The van der Waals surface area contributed by atoms with E-state index in [1.54, 1.807) is 16.4 Å². The predicted molar refractivity (Wildman–Crippen MR) is 156 cm³/mol. The molecule has 0 spiro atoms. The number of sulfonamides is 1. The maximum absolute atomic E-state index is 13.9. The van der Waals surface area contributed by atoms with Crippen LogP contribution in [-0.4, -0.2) is 25.2 Å². The summed E-state index contributed by atoms with van der Waals surface area (Å²) in [5.74, 6) is 0.287. The maximum atomic E-state index is 13.9. The van der Waals surface area contributed by atoms with Crippen molar-refractivity contribution in [1.82, 2.24) is 9.62 Å². The van der Waals surface area contributed by atoms with E-state index in [1.807, 2.05) is 72.8 Å². The number of aryl methyl sites for hydroxylation is 1. The van der Waals surface area contributed by atoms with Gasteiger partial charge in [-0.3, -0.25) is 4.79 Å². The van der Waals surface area contributed by atoms with Gasteiger partial charge in [-0.25, -0.2) is 8.42 Å². The molecule has 0 bridgehead atoms. The number of amides is 1. The van der Waals surface area contributed by atoms with E-state index < -0.39 is 10.0 Å². The molecule has 0 unspecified atom stereocenters. The minimum absolute atomic E-state index is 0.0219. The predicted octanol–water partition coefficient (Wildman–Crippen LogP) is 6.46. The SMILES string of the molecule is Cc1ccc(CNC(=O)C2CCC(CN(Cc3ccccc3)S(=O)(=O)c3ccc4ccccc4c3)CC2)cc1. The molecule has 1 fully saturated rings. The van der Waals surface area contributed by atoms with Crippen LogP contribution in [0.4, 0.5) is 0 Å². The molecule has 0 atom stereocenters. The highest BCUT2D eigenvalue weighted by Gasteiger charge is 2.31. The normalized spacial score (nSPS) is 17.8. The molecule has 0 heterocycles. The number of rotatable bonds is 9. The van der Waals surface area contributed by atoms with E-state index in [-0.39, 0.29) is 17.7 Å². The highest BCUT2D eigenvalue weighted by molar-refractivity contribution is 7.89. The first-order valence-corrected chi connectivity index (χ1v) is 15.2. The monoisotopic (exact) mass is 540 g/mol. The van der Waals surface area contributed by atoms with Crippen molar-refractivity contribution in [3.63, 3.8) is 0 Å². The van der Waals surface area contributed by atoms with Gasteiger partial charge < -0.3 is 5.32 Å². The van der Waals surface area contributed by atoms with Gasteiger partial charge in [0.25, 0.3) is 0 Å². The molecule has 1 aliphatic carbocycles. The van der Waals surface area contributed by atoms with Gasteiger partial charge in [-0.05, 0) is 72.6 Å². The molecule has 4 aromatic carbocycles. The Kier molecular flexibility index (Phi) is 8.44. The van der Waals surface area contributed by atoms with Crippen LogP contribution in [0.3, 0.4) is 0 Å². The Morgan fingerprint density at radius 3 is 2.18 bits per heavy atom. The minimum atomic E-state index is -3.71. The summed E-state index contributed by atoms with van der Waals surface area (Å²) in [6, 6.07) is 31.1. The molecular formula is C33H36N2O3S. The van der Waals surface area contributed by atoms with E-state index in [4.69, 9.17) is 0 Å². The van der Waals surface area contributed by atoms with E-state index in [1.165, 1.54) is 5.56 Å². The highest BCUT2D eigenvalue weighted by atomic mass is 32.2. The zero-order valence-electron chi connectivity index (χ0n) is 22.4. The van der Waals surface area contributed by atoms with Crippen LogP contribution in [0.2, 0.25) is 0 Å². The van der Waals surface area contributed by atoms with Crippen molar-refractivity contribution in [2.24, 2.45) is 11.8 Å². The Bertz CT molecular complexity index is 1510. The molecule has 39 heavy (non-hydrogen) atoms. The third kappa shape index (κ3) is 6.75. The Morgan fingerprint density at radius 1 is 0.795 bits per heavy atom. The maximum Gasteiger partial charge on any atom is 0.243 e. The second-order valence-corrected chi connectivity index (χ2v) is 12.7. The van der Waals surface area contributed by atoms with Crippen molar-refractivity contribution in [2.75, 3.05) is 6.54 Å². The Morgan fingerprint density at radius 2 is 1.46 bits per heavy atom. The van der Waals surface area contributed by atoms with Crippen molar-refractivity contribution in [3.8, 4) is 0 Å². The molecule has 5 nitrogen and oxygen atoms in total. The summed E-state index contributed by atoms with van der Waals surface area (Å²) < 4.78 is 29.5. The molecule has 5 rings (SSSR count). The number of fused-ring (bicyclic) bond motifs is 1. The molecule has 1 N–H and O–H groups in total. The first-order chi connectivity index (χ1) is 18.9. The van der Waals surface area contributed by atoms with Gasteiger partial charge in [0.2, 0.25) is 15.9 Å². The molecule has 1 amide bonds. The molecule has 0 aliphatic heterocycles. The molecule has 0 aromatic heterocycles. The summed E-state index contributed by atoms with van der Waals surface area (Å²) in [6.07, 6.45) is 3.22. The summed E-state index contributed by atoms with van der Waals surface area (Å²) in [5, 5.41) is 5.02. The highest BCUT2D eigenvalue weighted by Crippen LogP contribution is 2.32. The van der Waals surface area contributed by atoms with E-state index in [0.717, 1.165) is 47.6 Å². The minimum Gasteiger partial charge on any atom is -0.352 e. The average Bonchev–Trinajstić information content (AvgIpc) is 2.97. The van der Waals surface area contributed by atoms with Crippen molar-refractivity contribution < 1.29 is 13.2 Å². The molecule has 4 aromatic rings. The van der Waals surface area contributed by atoms with Crippen molar-refractivity contribution in [1.29, 1.82) is 0 Å². The molecular weight excluding hydrogens is 504 g/mol. The van der Waals surface area contributed by atoms with E-state index in [2.05, 4.69) is 24.4 Å².